The average Bonchev–Trinajstić information content (AvgIpc) is 2.57. The lowest BCUT2D eigenvalue weighted by Gasteiger charge is -2.28. The fourth-order valence-electron chi connectivity index (χ4n) is 2.63. The maximum absolute atomic E-state index is 11.9. The van der Waals surface area contributed by atoms with Crippen LogP contribution in [0.5, 0.6) is 0 Å². The molecule has 0 spiro atoms. The van der Waals surface area contributed by atoms with E-state index in [1.807, 2.05) is 26.8 Å². The van der Waals surface area contributed by atoms with Gasteiger partial charge in [-0.05, 0) is 30.0 Å². The Morgan fingerprint density at radius 2 is 1.95 bits per heavy atom. The van der Waals surface area contributed by atoms with Gasteiger partial charge in [-0.25, -0.2) is 4.79 Å². The van der Waals surface area contributed by atoms with Gasteiger partial charge in [0, 0.05) is 5.92 Å². The van der Waals surface area contributed by atoms with Gasteiger partial charge in [0.05, 0.1) is 18.3 Å². The van der Waals surface area contributed by atoms with E-state index in [2.05, 4.69) is 6.08 Å². The minimum absolute atomic E-state index is 0.0832. The summed E-state index contributed by atoms with van der Waals surface area (Å²) in [5.41, 5.74) is 1.34. The van der Waals surface area contributed by atoms with Crippen LogP contribution in [0.15, 0.2) is 42.0 Å². The van der Waals surface area contributed by atoms with Gasteiger partial charge in [0.25, 0.3) is 0 Å². The van der Waals surface area contributed by atoms with Gasteiger partial charge < -0.3 is 9.84 Å². The topological polar surface area (TPSA) is 46.5 Å². The van der Waals surface area contributed by atoms with Gasteiger partial charge in [0.1, 0.15) is 0 Å². The summed E-state index contributed by atoms with van der Waals surface area (Å²) >= 11 is 0. The summed E-state index contributed by atoms with van der Waals surface area (Å²) in [5.74, 6) is -0.423. The first-order chi connectivity index (χ1) is 8.92. The predicted octanol–water partition coefficient (Wildman–Crippen LogP) is 2.81. The van der Waals surface area contributed by atoms with E-state index in [1.165, 1.54) is 0 Å². The highest BCUT2D eigenvalue weighted by Crippen LogP contribution is 2.41. The quantitative estimate of drug-likeness (QED) is 0.671. The van der Waals surface area contributed by atoms with Crippen LogP contribution < -0.4 is 0 Å². The third-order valence-electron chi connectivity index (χ3n) is 3.81. The van der Waals surface area contributed by atoms with Crippen molar-refractivity contribution in [2.45, 2.75) is 26.9 Å². The van der Waals surface area contributed by atoms with E-state index < -0.39 is 6.10 Å². The molecule has 2 atom stereocenters. The van der Waals surface area contributed by atoms with Crippen LogP contribution in [0.2, 0.25) is 0 Å². The van der Waals surface area contributed by atoms with Crippen molar-refractivity contribution in [2.24, 2.45) is 11.3 Å². The molecule has 1 aliphatic rings. The molecule has 19 heavy (non-hydrogen) atoms. The maximum atomic E-state index is 11.9. The Balaban J connectivity index is 1.99. The molecular weight excluding hydrogens is 240 g/mol. The molecule has 2 rings (SSSR count). The number of carbonyl (C=O) groups is 1. The van der Waals surface area contributed by atoms with E-state index in [-0.39, 0.29) is 23.9 Å². The van der Waals surface area contributed by atoms with Gasteiger partial charge in [-0.1, -0.05) is 38.1 Å². The van der Waals surface area contributed by atoms with Gasteiger partial charge in [0.15, 0.2) is 0 Å². The number of carbonyl (C=O) groups excluding carboxylic acids is 1. The standard InChI is InChI=1S/C16H20O3/c1-11-9-16(2,3)13(14(11)17)10-19-15(18)12-7-5-4-6-8-12/h4-9,13-14,17H,10H2,1-3H3/t13-,14-/m0/s1. The highest BCUT2D eigenvalue weighted by molar-refractivity contribution is 5.89. The summed E-state index contributed by atoms with van der Waals surface area (Å²) < 4.78 is 5.33. The molecule has 0 heterocycles. The van der Waals surface area contributed by atoms with Crippen LogP contribution in [-0.4, -0.2) is 23.8 Å². The average molecular weight is 260 g/mol. The Morgan fingerprint density at radius 3 is 2.47 bits per heavy atom. The monoisotopic (exact) mass is 260 g/mol. The Morgan fingerprint density at radius 1 is 1.32 bits per heavy atom. The lowest BCUT2D eigenvalue weighted by molar-refractivity contribution is 0.0153. The van der Waals surface area contributed by atoms with E-state index in [0.29, 0.717) is 5.56 Å². The molecule has 0 bridgehead atoms. The van der Waals surface area contributed by atoms with Crippen LogP contribution in [0, 0.1) is 11.3 Å². The second-order valence-electron chi connectivity index (χ2n) is 5.73. The second kappa shape index (κ2) is 5.17. The van der Waals surface area contributed by atoms with E-state index in [9.17, 15) is 9.90 Å². The van der Waals surface area contributed by atoms with Crippen LogP contribution >= 0.6 is 0 Å². The summed E-state index contributed by atoms with van der Waals surface area (Å²) in [5, 5.41) is 10.1. The number of allylic oxidation sites excluding steroid dienone is 1. The molecule has 0 radical (unpaired) electrons. The Kier molecular flexibility index (Phi) is 3.76. The zero-order valence-corrected chi connectivity index (χ0v) is 11.6. The molecule has 0 amide bonds. The summed E-state index contributed by atoms with van der Waals surface area (Å²) in [6.07, 6.45) is 1.53. The molecule has 1 aromatic rings. The van der Waals surface area contributed by atoms with Gasteiger partial charge in [0.2, 0.25) is 0 Å². The van der Waals surface area contributed by atoms with Gasteiger partial charge >= 0.3 is 5.97 Å². The van der Waals surface area contributed by atoms with Gasteiger partial charge in [-0.15, -0.1) is 0 Å². The number of ether oxygens (including phenoxy) is 1. The number of rotatable bonds is 3. The normalized spacial score (nSPS) is 24.9. The highest BCUT2D eigenvalue weighted by Gasteiger charge is 2.40. The molecule has 0 unspecified atom stereocenters. The molecule has 0 aliphatic heterocycles. The zero-order chi connectivity index (χ0) is 14.0. The third-order valence-corrected chi connectivity index (χ3v) is 3.81. The van der Waals surface area contributed by atoms with E-state index in [0.717, 1.165) is 5.57 Å². The van der Waals surface area contributed by atoms with Crippen LogP contribution in [0.3, 0.4) is 0 Å². The summed E-state index contributed by atoms with van der Waals surface area (Å²) in [4.78, 5) is 11.9. The van der Waals surface area contributed by atoms with Crippen molar-refractivity contribution >= 4 is 5.97 Å². The molecule has 0 fully saturated rings. The first kappa shape index (κ1) is 13.8. The molecule has 1 aliphatic carbocycles. The van der Waals surface area contributed by atoms with Crippen molar-refractivity contribution < 1.29 is 14.6 Å². The summed E-state index contributed by atoms with van der Waals surface area (Å²) in [6, 6.07) is 8.91. The lowest BCUT2D eigenvalue weighted by Crippen LogP contribution is -2.32. The first-order valence-corrected chi connectivity index (χ1v) is 6.51. The number of aliphatic hydroxyl groups is 1. The molecule has 0 saturated heterocycles. The molecule has 3 nitrogen and oxygen atoms in total. The van der Waals surface area contributed by atoms with Gasteiger partial charge in [-0.3, -0.25) is 0 Å². The van der Waals surface area contributed by atoms with E-state index in [1.54, 1.807) is 24.3 Å². The molecular formula is C16H20O3. The summed E-state index contributed by atoms with van der Waals surface area (Å²) in [7, 11) is 0. The van der Waals surface area contributed by atoms with Crippen molar-refractivity contribution in [3.63, 3.8) is 0 Å². The largest absolute Gasteiger partial charge is 0.462 e. The molecule has 102 valence electrons. The lowest BCUT2D eigenvalue weighted by atomic mass is 9.81. The minimum atomic E-state index is -0.529. The predicted molar refractivity (Wildman–Crippen MR) is 73.8 cm³/mol. The van der Waals surface area contributed by atoms with Crippen molar-refractivity contribution in [2.75, 3.05) is 6.61 Å². The minimum Gasteiger partial charge on any atom is -0.462 e. The highest BCUT2D eigenvalue weighted by atomic mass is 16.5. The Labute approximate surface area is 113 Å². The second-order valence-corrected chi connectivity index (χ2v) is 5.73. The molecule has 1 aromatic carbocycles. The fraction of sp³-hybridized carbons (Fsp3) is 0.438. The molecule has 0 aromatic heterocycles. The van der Waals surface area contributed by atoms with E-state index >= 15 is 0 Å². The van der Waals surface area contributed by atoms with Crippen molar-refractivity contribution in [1.29, 1.82) is 0 Å². The van der Waals surface area contributed by atoms with Crippen molar-refractivity contribution in [1.82, 2.24) is 0 Å². The number of hydrogen-bond acceptors (Lipinski definition) is 3. The van der Waals surface area contributed by atoms with Crippen LogP contribution in [0.25, 0.3) is 0 Å². The van der Waals surface area contributed by atoms with Crippen molar-refractivity contribution in [3.05, 3.63) is 47.5 Å². The number of hydrogen-bond donors (Lipinski definition) is 1. The molecule has 1 N–H and O–H groups in total. The van der Waals surface area contributed by atoms with E-state index in [4.69, 9.17) is 4.74 Å². The first-order valence-electron chi connectivity index (χ1n) is 6.51. The number of benzene rings is 1. The van der Waals surface area contributed by atoms with Gasteiger partial charge in [-0.2, -0.15) is 0 Å². The molecule has 0 saturated carbocycles. The van der Waals surface area contributed by atoms with Crippen LogP contribution in [0.1, 0.15) is 31.1 Å². The number of esters is 1. The van der Waals surface area contributed by atoms with Crippen LogP contribution in [-0.2, 0) is 4.74 Å². The smallest absolute Gasteiger partial charge is 0.338 e. The SMILES string of the molecule is CC1=CC(C)(C)[C@@H](COC(=O)c2ccccc2)[C@H]1O. The zero-order valence-electron chi connectivity index (χ0n) is 11.6. The Hall–Kier alpha value is -1.61. The molecule has 3 heteroatoms. The summed E-state index contributed by atoms with van der Waals surface area (Å²) in [6.45, 7) is 6.24. The van der Waals surface area contributed by atoms with Crippen LogP contribution in [0.4, 0.5) is 0 Å². The maximum Gasteiger partial charge on any atom is 0.338 e. The number of aliphatic hydroxyl groups excluding tert-OH is 1. The Bertz CT molecular complexity index is 488. The third kappa shape index (κ3) is 2.87. The van der Waals surface area contributed by atoms with Crippen molar-refractivity contribution in [3.8, 4) is 0 Å². The fourth-order valence-corrected chi connectivity index (χ4v) is 2.63.